The van der Waals surface area contributed by atoms with Gasteiger partial charge in [-0.25, -0.2) is 0 Å². The van der Waals surface area contributed by atoms with E-state index >= 15 is 0 Å². The van der Waals surface area contributed by atoms with Gasteiger partial charge in [0.25, 0.3) is 0 Å². The van der Waals surface area contributed by atoms with E-state index in [0.29, 0.717) is 0 Å². The lowest BCUT2D eigenvalue weighted by Gasteiger charge is -2.01. The van der Waals surface area contributed by atoms with Gasteiger partial charge in [-0.05, 0) is 30.1 Å². The van der Waals surface area contributed by atoms with Gasteiger partial charge in [-0.3, -0.25) is 0 Å². The van der Waals surface area contributed by atoms with Gasteiger partial charge in [-0.15, -0.1) is 0 Å². The van der Waals surface area contributed by atoms with Crippen molar-refractivity contribution in [3.05, 3.63) is 12.2 Å². The molecule has 0 spiro atoms. The first-order valence-corrected chi connectivity index (χ1v) is 9.26. The molecule has 0 amide bonds. The molecule has 1 nitrogen and oxygen atoms in total. The Bertz CT molecular complexity index is 168. The maximum absolute atomic E-state index is 8.61. The van der Waals surface area contributed by atoms with Crippen LogP contribution in [-0.4, -0.2) is 16.1 Å². The number of halogens is 1. The highest BCUT2D eigenvalue weighted by Crippen LogP contribution is 2.11. The fourth-order valence-electron chi connectivity index (χ4n) is 2.08. The Morgan fingerprint density at radius 1 is 0.611 bits per heavy atom. The Morgan fingerprint density at radius 2 is 1.06 bits per heavy atom. The molecule has 0 aromatic heterocycles. The number of hydrogen-bond donors (Lipinski definition) is 1. The molecule has 2 heteroatoms. The topological polar surface area (TPSA) is 20.2 Å². The molecule has 0 rings (SSSR count). The summed E-state index contributed by atoms with van der Waals surface area (Å²) in [5, 5.41) is 8.61. The third-order valence-corrected chi connectivity index (χ3v) is 3.98. The van der Waals surface area contributed by atoms with E-state index in [-0.39, 0.29) is 6.61 Å². The molecule has 0 saturated heterocycles. The summed E-state index contributed by atoms with van der Waals surface area (Å²) in [6.07, 6.45) is 20.4. The Labute approximate surface area is 128 Å². The van der Waals surface area contributed by atoms with Crippen LogP contribution in [0.3, 0.4) is 0 Å². The molecule has 0 heterocycles. The number of hydrogen-bond acceptors (Lipinski definition) is 1. The summed E-state index contributed by atoms with van der Waals surface area (Å²) in [4.78, 5) is 0. The molecule has 0 unspecified atom stereocenters. The molecule has 1 N–H and O–H groups in total. The second-order valence-corrected chi connectivity index (χ2v) is 6.08. The molecule has 0 aliphatic rings. The third-order valence-electron chi connectivity index (χ3n) is 3.22. The minimum atomic E-state index is 0.286. The summed E-state index contributed by atoms with van der Waals surface area (Å²) in [7, 11) is 0. The molecule has 0 radical (unpaired) electrons. The van der Waals surface area contributed by atoms with Crippen LogP contribution < -0.4 is 0 Å². The predicted molar refractivity (Wildman–Crippen MR) is 90.5 cm³/mol. The highest BCUT2D eigenvalue weighted by atomic mass is 127. The van der Waals surface area contributed by atoms with Crippen molar-refractivity contribution in [1.82, 2.24) is 0 Å². The zero-order valence-corrected chi connectivity index (χ0v) is 14.0. The van der Waals surface area contributed by atoms with E-state index in [1.807, 2.05) is 0 Å². The lowest BCUT2D eigenvalue weighted by atomic mass is 10.1. The molecule has 0 atom stereocenters. The number of allylic oxidation sites excluding steroid dienone is 1. The van der Waals surface area contributed by atoms with Gasteiger partial charge in [0.05, 0.1) is 0 Å². The minimum Gasteiger partial charge on any atom is -0.396 e. The van der Waals surface area contributed by atoms with Crippen molar-refractivity contribution < 1.29 is 5.11 Å². The summed E-state index contributed by atoms with van der Waals surface area (Å²) in [6, 6.07) is 0. The molecular formula is C16H31IO. The highest BCUT2D eigenvalue weighted by Gasteiger charge is 1.92. The zero-order valence-electron chi connectivity index (χ0n) is 11.9. The molecular weight excluding hydrogens is 335 g/mol. The summed E-state index contributed by atoms with van der Waals surface area (Å²) < 4.78 is 1.32. The molecule has 0 fully saturated rings. The first-order chi connectivity index (χ1) is 8.91. The van der Waals surface area contributed by atoms with Crippen molar-refractivity contribution in [2.45, 2.75) is 77.0 Å². The molecule has 0 saturated carbocycles. The average molecular weight is 366 g/mol. The quantitative estimate of drug-likeness (QED) is 0.182. The maximum Gasteiger partial charge on any atom is 0.0465 e. The van der Waals surface area contributed by atoms with E-state index < -0.39 is 0 Å². The van der Waals surface area contributed by atoms with E-state index in [1.165, 1.54) is 75.1 Å². The van der Waals surface area contributed by atoms with Crippen LogP contribution >= 0.6 is 22.6 Å². The van der Waals surface area contributed by atoms with Crippen LogP contribution in [0.2, 0.25) is 0 Å². The smallest absolute Gasteiger partial charge is 0.0465 e. The number of alkyl halides is 1. The van der Waals surface area contributed by atoms with Crippen molar-refractivity contribution in [3.63, 3.8) is 0 Å². The molecule has 0 aromatic rings. The summed E-state index contributed by atoms with van der Waals surface area (Å²) >= 11 is 2.47. The molecule has 18 heavy (non-hydrogen) atoms. The Kier molecular flexibility index (Phi) is 17.8. The Morgan fingerprint density at radius 3 is 1.56 bits per heavy atom. The van der Waals surface area contributed by atoms with Gasteiger partial charge in [0.15, 0.2) is 0 Å². The van der Waals surface area contributed by atoms with E-state index in [0.717, 1.165) is 6.42 Å². The van der Waals surface area contributed by atoms with Crippen molar-refractivity contribution >= 4 is 22.6 Å². The Hall–Kier alpha value is 0.430. The normalized spacial score (nSPS) is 11.4. The average Bonchev–Trinajstić information content (AvgIpc) is 2.39. The van der Waals surface area contributed by atoms with Gasteiger partial charge < -0.3 is 5.11 Å². The van der Waals surface area contributed by atoms with Gasteiger partial charge in [0.2, 0.25) is 0 Å². The van der Waals surface area contributed by atoms with Gasteiger partial charge in [-0.2, -0.15) is 0 Å². The first kappa shape index (κ1) is 18.4. The van der Waals surface area contributed by atoms with Crippen LogP contribution in [-0.2, 0) is 0 Å². The fourth-order valence-corrected chi connectivity index (χ4v) is 2.62. The fraction of sp³-hybridized carbons (Fsp3) is 0.875. The van der Waals surface area contributed by atoms with Crippen LogP contribution in [0.5, 0.6) is 0 Å². The van der Waals surface area contributed by atoms with Crippen molar-refractivity contribution in [2.75, 3.05) is 11.0 Å². The lowest BCUT2D eigenvalue weighted by molar-refractivity contribution is 0.302. The van der Waals surface area contributed by atoms with Crippen LogP contribution in [0.25, 0.3) is 0 Å². The van der Waals surface area contributed by atoms with Gasteiger partial charge in [-0.1, -0.05) is 86.1 Å². The van der Waals surface area contributed by atoms with Gasteiger partial charge in [0.1, 0.15) is 0 Å². The zero-order chi connectivity index (χ0) is 13.3. The van der Waals surface area contributed by atoms with Gasteiger partial charge >= 0.3 is 0 Å². The van der Waals surface area contributed by atoms with Crippen LogP contribution in [0.1, 0.15) is 77.0 Å². The summed E-state index contributed by atoms with van der Waals surface area (Å²) in [5.41, 5.74) is 0. The molecule has 0 aliphatic heterocycles. The standard InChI is InChI=1S/C16H31IO/c17-15-13-11-9-7-5-3-1-2-4-6-8-10-12-14-16-18/h10,12,18H,1-9,11,13-16H2/b12-10-. The summed E-state index contributed by atoms with van der Waals surface area (Å²) in [6.45, 7) is 0.286. The second-order valence-electron chi connectivity index (χ2n) is 5.00. The molecule has 0 aromatic carbocycles. The van der Waals surface area contributed by atoms with Crippen molar-refractivity contribution in [1.29, 1.82) is 0 Å². The van der Waals surface area contributed by atoms with Crippen molar-refractivity contribution in [3.8, 4) is 0 Å². The molecule has 108 valence electrons. The SMILES string of the molecule is OCC/C=C\CCCCCCCCCCCCI. The van der Waals surface area contributed by atoms with E-state index in [9.17, 15) is 0 Å². The van der Waals surface area contributed by atoms with Crippen LogP contribution in [0.15, 0.2) is 12.2 Å². The van der Waals surface area contributed by atoms with Gasteiger partial charge in [0, 0.05) is 6.61 Å². The number of aliphatic hydroxyl groups is 1. The van der Waals surface area contributed by atoms with E-state index in [2.05, 4.69) is 34.7 Å². The first-order valence-electron chi connectivity index (χ1n) is 7.73. The van der Waals surface area contributed by atoms with Crippen molar-refractivity contribution in [2.24, 2.45) is 0 Å². The number of rotatable bonds is 14. The number of unbranched alkanes of at least 4 members (excludes halogenated alkanes) is 10. The lowest BCUT2D eigenvalue weighted by Crippen LogP contribution is -1.82. The maximum atomic E-state index is 8.61. The predicted octanol–water partition coefficient (Wildman–Crippen LogP) is 5.65. The Balaban J connectivity index is 2.94. The number of aliphatic hydroxyl groups excluding tert-OH is 1. The van der Waals surface area contributed by atoms with Crippen LogP contribution in [0, 0.1) is 0 Å². The van der Waals surface area contributed by atoms with E-state index in [1.54, 1.807) is 0 Å². The van der Waals surface area contributed by atoms with E-state index in [4.69, 9.17) is 5.11 Å². The second kappa shape index (κ2) is 17.4. The molecule has 0 bridgehead atoms. The van der Waals surface area contributed by atoms with Crippen LogP contribution in [0.4, 0.5) is 0 Å². The summed E-state index contributed by atoms with van der Waals surface area (Å²) in [5.74, 6) is 0. The molecule has 0 aliphatic carbocycles. The largest absolute Gasteiger partial charge is 0.396 e. The third kappa shape index (κ3) is 16.4. The monoisotopic (exact) mass is 366 g/mol. The highest BCUT2D eigenvalue weighted by molar-refractivity contribution is 14.1. The minimum absolute atomic E-state index is 0.286.